The second-order valence-electron chi connectivity index (χ2n) is 9.83. The van der Waals surface area contributed by atoms with Crippen molar-refractivity contribution in [1.82, 2.24) is 14.9 Å². The van der Waals surface area contributed by atoms with E-state index >= 15 is 0 Å². The average molecular weight is 496 g/mol. The molecule has 6 nitrogen and oxygen atoms in total. The summed E-state index contributed by atoms with van der Waals surface area (Å²) in [6.45, 7) is 10.2. The van der Waals surface area contributed by atoms with E-state index in [0.29, 0.717) is 15.8 Å². The Kier molecular flexibility index (Phi) is 6.69. The van der Waals surface area contributed by atoms with Gasteiger partial charge in [-0.15, -0.1) is 0 Å². The minimum Gasteiger partial charge on any atom is -0.351 e. The van der Waals surface area contributed by atoms with Crippen molar-refractivity contribution in [3.8, 4) is 0 Å². The summed E-state index contributed by atoms with van der Waals surface area (Å²) in [5.74, 6) is -0.217. The lowest BCUT2D eigenvalue weighted by Gasteiger charge is -2.28. The quantitative estimate of drug-likeness (QED) is 0.421. The summed E-state index contributed by atoms with van der Waals surface area (Å²) in [7, 11) is 0. The van der Waals surface area contributed by atoms with Crippen LogP contribution in [0.1, 0.15) is 58.0 Å². The number of carbonyl (C=O) groups is 1. The molecule has 0 radical (unpaired) electrons. The maximum Gasteiger partial charge on any atom is 0.226 e. The zero-order valence-corrected chi connectivity index (χ0v) is 21.6. The van der Waals surface area contributed by atoms with Crippen LogP contribution in [0.3, 0.4) is 0 Å². The van der Waals surface area contributed by atoms with Crippen LogP contribution >= 0.6 is 23.8 Å². The van der Waals surface area contributed by atoms with Gasteiger partial charge in [0.05, 0.1) is 28.5 Å². The minimum atomic E-state index is -0.138. The zero-order chi connectivity index (χ0) is 24.6. The predicted octanol–water partition coefficient (Wildman–Crippen LogP) is 6.06. The zero-order valence-electron chi connectivity index (χ0n) is 20.0. The van der Waals surface area contributed by atoms with Gasteiger partial charge in [-0.1, -0.05) is 31.5 Å². The Morgan fingerprint density at radius 3 is 2.56 bits per heavy atom. The number of hydrogen-bond acceptors (Lipinski definition) is 3. The highest BCUT2D eigenvalue weighted by molar-refractivity contribution is 7.80. The van der Waals surface area contributed by atoms with E-state index < -0.39 is 0 Å². The molecule has 0 spiro atoms. The first kappa shape index (κ1) is 24.2. The first-order chi connectivity index (χ1) is 16.1. The van der Waals surface area contributed by atoms with Crippen LogP contribution in [0, 0.1) is 5.92 Å². The number of rotatable bonds is 5. The number of pyridine rings is 1. The molecule has 1 aromatic carbocycles. The molecule has 1 aliphatic rings. The first-order valence-electron chi connectivity index (χ1n) is 11.4. The first-order valence-corrected chi connectivity index (χ1v) is 12.1. The molecule has 0 aliphatic carbocycles. The molecule has 0 bridgehead atoms. The van der Waals surface area contributed by atoms with Crippen LogP contribution in [-0.4, -0.2) is 20.6 Å². The van der Waals surface area contributed by atoms with Gasteiger partial charge in [0.15, 0.2) is 5.11 Å². The van der Waals surface area contributed by atoms with E-state index in [1.54, 1.807) is 6.20 Å². The van der Waals surface area contributed by atoms with E-state index in [2.05, 4.69) is 64.3 Å². The highest BCUT2D eigenvalue weighted by atomic mass is 35.5. The van der Waals surface area contributed by atoms with E-state index in [0.717, 1.165) is 16.9 Å². The van der Waals surface area contributed by atoms with Gasteiger partial charge in [-0.3, -0.25) is 9.78 Å². The van der Waals surface area contributed by atoms with E-state index in [-0.39, 0.29) is 29.4 Å². The van der Waals surface area contributed by atoms with Gasteiger partial charge in [0.1, 0.15) is 0 Å². The summed E-state index contributed by atoms with van der Waals surface area (Å²) < 4.78 is 2.20. The van der Waals surface area contributed by atoms with Gasteiger partial charge in [0.25, 0.3) is 0 Å². The number of hydrogen-bond donors (Lipinski definition) is 2. The van der Waals surface area contributed by atoms with Crippen molar-refractivity contribution in [2.75, 3.05) is 10.2 Å². The molecule has 8 heteroatoms. The van der Waals surface area contributed by atoms with Crippen molar-refractivity contribution >= 4 is 46.2 Å². The Morgan fingerprint density at radius 2 is 1.97 bits per heavy atom. The van der Waals surface area contributed by atoms with Gasteiger partial charge in [-0.2, -0.15) is 0 Å². The van der Waals surface area contributed by atoms with Crippen molar-refractivity contribution in [3.05, 3.63) is 77.3 Å². The number of benzene rings is 1. The second-order valence-corrected chi connectivity index (χ2v) is 10.6. The van der Waals surface area contributed by atoms with Crippen LogP contribution in [0.2, 0.25) is 5.02 Å². The Balaban J connectivity index is 1.75. The van der Waals surface area contributed by atoms with Gasteiger partial charge in [0.2, 0.25) is 5.91 Å². The predicted molar refractivity (Wildman–Crippen MR) is 142 cm³/mol. The SMILES string of the molecule is CC(C)C(=O)Nc1ccc(N2C(=S)N[C@@H](c3ccccn3)[C@@H]2c2ccn(C(C)(C)C)c2)cc1Cl. The fraction of sp³-hybridized carbons (Fsp3) is 0.346. The summed E-state index contributed by atoms with van der Waals surface area (Å²) in [6.07, 6.45) is 6.06. The molecular weight excluding hydrogens is 466 g/mol. The van der Waals surface area contributed by atoms with Gasteiger partial charge in [-0.25, -0.2) is 0 Å². The molecule has 34 heavy (non-hydrogen) atoms. The minimum absolute atomic E-state index is 0.0459. The highest BCUT2D eigenvalue weighted by Crippen LogP contribution is 2.43. The van der Waals surface area contributed by atoms with Crippen LogP contribution in [0.15, 0.2) is 61.1 Å². The molecule has 1 fully saturated rings. The van der Waals surface area contributed by atoms with Crippen molar-refractivity contribution in [3.63, 3.8) is 0 Å². The summed E-state index contributed by atoms with van der Waals surface area (Å²) in [5.41, 5.74) is 3.41. The van der Waals surface area contributed by atoms with E-state index in [1.807, 2.05) is 50.2 Å². The Hall–Kier alpha value is -2.90. The van der Waals surface area contributed by atoms with Gasteiger partial charge >= 0.3 is 0 Å². The molecule has 0 unspecified atom stereocenters. The molecular formula is C26H30ClN5OS. The molecule has 1 amide bonds. The molecule has 2 N–H and O–H groups in total. The maximum absolute atomic E-state index is 12.2. The molecule has 178 valence electrons. The molecule has 4 rings (SSSR count). The van der Waals surface area contributed by atoms with Gasteiger partial charge in [0, 0.05) is 35.7 Å². The number of thiocarbonyl (C=S) groups is 1. The Labute approximate surface area is 211 Å². The fourth-order valence-electron chi connectivity index (χ4n) is 4.01. The number of amides is 1. The number of nitrogens with zero attached hydrogens (tertiary/aromatic N) is 3. The van der Waals surface area contributed by atoms with Gasteiger partial charge in [-0.05, 0) is 75.0 Å². The Morgan fingerprint density at radius 1 is 1.21 bits per heavy atom. The van der Waals surface area contributed by atoms with Crippen molar-refractivity contribution in [2.24, 2.45) is 5.92 Å². The Bertz CT molecular complexity index is 1200. The molecule has 3 aromatic rings. The summed E-state index contributed by atoms with van der Waals surface area (Å²) in [6, 6.07) is 13.4. The van der Waals surface area contributed by atoms with Crippen molar-refractivity contribution < 1.29 is 4.79 Å². The van der Waals surface area contributed by atoms with Crippen LogP contribution in [0.5, 0.6) is 0 Å². The largest absolute Gasteiger partial charge is 0.351 e. The smallest absolute Gasteiger partial charge is 0.226 e. The molecule has 1 aliphatic heterocycles. The van der Waals surface area contributed by atoms with Crippen LogP contribution in [0.25, 0.3) is 0 Å². The molecule has 2 atom stereocenters. The van der Waals surface area contributed by atoms with Crippen LogP contribution in [0.4, 0.5) is 11.4 Å². The number of nitrogens with one attached hydrogen (secondary N) is 2. The standard InChI is InChI=1S/C26H30ClN5OS/c1-16(2)24(33)29-20-10-9-18(14-19(20)27)32-23(17-11-13-31(15-17)26(3,4)5)22(30-25(32)34)21-8-6-7-12-28-21/h6-16,22-23H,1-5H3,(H,29,33)(H,30,34)/t22-,23-/m0/s1. The van der Waals surface area contributed by atoms with Gasteiger partial charge < -0.3 is 20.1 Å². The lowest BCUT2D eigenvalue weighted by atomic mass is 9.98. The molecule has 3 heterocycles. The third-order valence-corrected chi connectivity index (χ3v) is 6.57. The van der Waals surface area contributed by atoms with Crippen LogP contribution < -0.4 is 15.5 Å². The van der Waals surface area contributed by atoms with Crippen molar-refractivity contribution in [2.45, 2.75) is 52.2 Å². The molecule has 0 saturated carbocycles. The van der Waals surface area contributed by atoms with E-state index in [9.17, 15) is 4.79 Å². The average Bonchev–Trinajstić information content (AvgIpc) is 3.40. The fourth-order valence-corrected chi connectivity index (χ4v) is 4.58. The van der Waals surface area contributed by atoms with Crippen molar-refractivity contribution in [1.29, 1.82) is 0 Å². The second kappa shape index (κ2) is 9.39. The van der Waals surface area contributed by atoms with E-state index in [1.165, 1.54) is 0 Å². The molecule has 2 aromatic heterocycles. The summed E-state index contributed by atoms with van der Waals surface area (Å²) in [4.78, 5) is 18.8. The highest BCUT2D eigenvalue weighted by Gasteiger charge is 2.41. The number of halogens is 1. The summed E-state index contributed by atoms with van der Waals surface area (Å²) in [5, 5.41) is 7.41. The van der Waals surface area contributed by atoms with E-state index in [4.69, 9.17) is 23.8 Å². The maximum atomic E-state index is 12.2. The third-order valence-electron chi connectivity index (χ3n) is 5.94. The normalized spacial score (nSPS) is 18.3. The lowest BCUT2D eigenvalue weighted by molar-refractivity contribution is -0.118. The summed E-state index contributed by atoms with van der Waals surface area (Å²) >= 11 is 12.4. The van der Waals surface area contributed by atoms with Crippen LogP contribution in [-0.2, 0) is 10.3 Å². The topological polar surface area (TPSA) is 62.2 Å². The molecule has 1 saturated heterocycles. The lowest BCUT2D eigenvalue weighted by Crippen LogP contribution is -2.29. The number of carbonyl (C=O) groups excluding carboxylic acids is 1. The third kappa shape index (κ3) is 4.81. The number of anilines is 2. The monoisotopic (exact) mass is 495 g/mol. The number of aromatic nitrogens is 2.